The molecule has 0 heterocycles. The number of carboxylic acids is 1. The lowest BCUT2D eigenvalue weighted by Gasteiger charge is -2.30. The zero-order valence-electron chi connectivity index (χ0n) is 12.7. The van der Waals surface area contributed by atoms with Gasteiger partial charge in [-0.25, -0.2) is 4.79 Å². The van der Waals surface area contributed by atoms with Crippen molar-refractivity contribution in [3.63, 3.8) is 0 Å². The number of aromatic carboxylic acids is 1. The van der Waals surface area contributed by atoms with Crippen LogP contribution >= 0.6 is 0 Å². The number of hydrogen-bond donors (Lipinski definition) is 1. The van der Waals surface area contributed by atoms with Crippen molar-refractivity contribution in [2.75, 3.05) is 0 Å². The van der Waals surface area contributed by atoms with Gasteiger partial charge in [0.1, 0.15) is 11.3 Å². The molecule has 1 N–H and O–H groups in total. The normalized spacial score (nSPS) is 12.1. The van der Waals surface area contributed by atoms with Gasteiger partial charge in [-0.3, -0.25) is 4.79 Å². The van der Waals surface area contributed by atoms with Crippen molar-refractivity contribution in [3.05, 3.63) is 29.8 Å². The summed E-state index contributed by atoms with van der Waals surface area (Å²) >= 11 is 0. The third-order valence-corrected chi connectivity index (χ3v) is 2.84. The highest BCUT2D eigenvalue weighted by Crippen LogP contribution is 2.34. The van der Waals surface area contributed by atoms with Crippen LogP contribution in [0.5, 0.6) is 5.75 Å². The molecule has 1 aromatic rings. The van der Waals surface area contributed by atoms with Crippen molar-refractivity contribution >= 4 is 11.9 Å². The standard InChI is InChI=1S/C16H22O4/c1-15(2,3)10-16(4,5)14(19)20-12-9-7-6-8-11(12)13(17)18/h6-9H,10H2,1-5H3,(H,17,18). The summed E-state index contributed by atoms with van der Waals surface area (Å²) in [5, 5.41) is 9.08. The van der Waals surface area contributed by atoms with E-state index >= 15 is 0 Å². The number of benzene rings is 1. The molecule has 1 rings (SSSR count). The van der Waals surface area contributed by atoms with Gasteiger partial charge < -0.3 is 9.84 Å². The summed E-state index contributed by atoms with van der Waals surface area (Å²) in [4.78, 5) is 23.4. The van der Waals surface area contributed by atoms with Crippen molar-refractivity contribution in [1.29, 1.82) is 0 Å². The Balaban J connectivity index is 2.94. The Kier molecular flexibility index (Phi) is 4.58. The van der Waals surface area contributed by atoms with Gasteiger partial charge in [0.25, 0.3) is 0 Å². The minimum atomic E-state index is -1.11. The fourth-order valence-corrected chi connectivity index (χ4v) is 2.37. The molecule has 4 heteroatoms. The van der Waals surface area contributed by atoms with Gasteiger partial charge in [0.05, 0.1) is 5.41 Å². The molecule has 0 spiro atoms. The number of carboxylic acid groups (broad SMARTS) is 1. The van der Waals surface area contributed by atoms with Crippen LogP contribution in [0.4, 0.5) is 0 Å². The number of carbonyl (C=O) groups is 2. The summed E-state index contributed by atoms with van der Waals surface area (Å²) in [7, 11) is 0. The van der Waals surface area contributed by atoms with Crippen LogP contribution in [0.15, 0.2) is 24.3 Å². The molecular weight excluding hydrogens is 256 g/mol. The SMILES string of the molecule is CC(C)(C)CC(C)(C)C(=O)Oc1ccccc1C(=O)O. The maximum Gasteiger partial charge on any atom is 0.339 e. The van der Waals surface area contributed by atoms with Crippen LogP contribution in [0.2, 0.25) is 0 Å². The first-order valence-electron chi connectivity index (χ1n) is 6.57. The Labute approximate surface area is 119 Å². The Morgan fingerprint density at radius 1 is 1.10 bits per heavy atom. The Morgan fingerprint density at radius 3 is 2.15 bits per heavy atom. The first kappa shape index (κ1) is 16.2. The quantitative estimate of drug-likeness (QED) is 0.673. The fraction of sp³-hybridized carbons (Fsp3) is 0.500. The predicted octanol–water partition coefficient (Wildman–Crippen LogP) is 3.75. The van der Waals surface area contributed by atoms with Crippen molar-refractivity contribution in [1.82, 2.24) is 0 Å². The van der Waals surface area contributed by atoms with Crippen LogP contribution in [0, 0.1) is 10.8 Å². The maximum atomic E-state index is 12.3. The zero-order valence-corrected chi connectivity index (χ0v) is 12.7. The van der Waals surface area contributed by atoms with E-state index in [0.29, 0.717) is 6.42 Å². The highest BCUT2D eigenvalue weighted by atomic mass is 16.5. The molecule has 1 aromatic carbocycles. The van der Waals surface area contributed by atoms with Crippen LogP contribution < -0.4 is 4.74 Å². The van der Waals surface area contributed by atoms with Gasteiger partial charge in [0.15, 0.2) is 0 Å². The lowest BCUT2D eigenvalue weighted by Crippen LogP contribution is -2.33. The summed E-state index contributed by atoms with van der Waals surface area (Å²) in [6.45, 7) is 9.77. The van der Waals surface area contributed by atoms with Crippen molar-refractivity contribution in [3.8, 4) is 5.75 Å². The second-order valence-corrected chi connectivity index (χ2v) is 6.81. The Morgan fingerprint density at radius 2 is 1.65 bits per heavy atom. The topological polar surface area (TPSA) is 63.6 Å². The zero-order chi connectivity index (χ0) is 15.6. The molecule has 0 saturated heterocycles. The van der Waals surface area contributed by atoms with E-state index in [2.05, 4.69) is 0 Å². The van der Waals surface area contributed by atoms with E-state index < -0.39 is 17.4 Å². The van der Waals surface area contributed by atoms with E-state index in [1.807, 2.05) is 34.6 Å². The lowest BCUT2D eigenvalue weighted by molar-refractivity contribution is -0.145. The first-order valence-corrected chi connectivity index (χ1v) is 6.57. The molecule has 0 aliphatic rings. The van der Waals surface area contributed by atoms with Gasteiger partial charge in [-0.2, -0.15) is 0 Å². The monoisotopic (exact) mass is 278 g/mol. The van der Waals surface area contributed by atoms with E-state index in [9.17, 15) is 9.59 Å². The van der Waals surface area contributed by atoms with Gasteiger partial charge >= 0.3 is 11.9 Å². The van der Waals surface area contributed by atoms with Gasteiger partial charge in [-0.05, 0) is 37.8 Å². The lowest BCUT2D eigenvalue weighted by atomic mass is 9.76. The number of carbonyl (C=O) groups excluding carboxylic acids is 1. The van der Waals surface area contributed by atoms with Gasteiger partial charge in [-0.1, -0.05) is 32.9 Å². The van der Waals surface area contributed by atoms with Gasteiger partial charge in [0, 0.05) is 0 Å². The highest BCUT2D eigenvalue weighted by Gasteiger charge is 2.34. The molecule has 0 saturated carbocycles. The number of ether oxygens (including phenoxy) is 1. The third-order valence-electron chi connectivity index (χ3n) is 2.84. The maximum absolute atomic E-state index is 12.3. The van der Waals surface area contributed by atoms with Gasteiger partial charge in [0.2, 0.25) is 0 Å². The van der Waals surface area contributed by atoms with Crippen LogP contribution in [-0.4, -0.2) is 17.0 Å². The molecule has 0 fully saturated rings. The number of rotatable bonds is 4. The van der Waals surface area contributed by atoms with E-state index in [1.54, 1.807) is 12.1 Å². The molecule has 0 aliphatic carbocycles. The second-order valence-electron chi connectivity index (χ2n) is 6.81. The summed E-state index contributed by atoms with van der Waals surface area (Å²) in [6, 6.07) is 6.16. The number of para-hydroxylation sites is 1. The molecule has 0 atom stereocenters. The molecule has 0 unspecified atom stereocenters. The Bertz CT molecular complexity index is 509. The van der Waals surface area contributed by atoms with Crippen molar-refractivity contribution in [2.45, 2.75) is 41.0 Å². The van der Waals surface area contributed by atoms with E-state index in [4.69, 9.17) is 9.84 Å². The molecule has 0 aliphatic heterocycles. The van der Waals surface area contributed by atoms with Crippen LogP contribution in [0.1, 0.15) is 51.4 Å². The largest absolute Gasteiger partial charge is 0.478 e. The first-order chi connectivity index (χ1) is 9.03. The smallest absolute Gasteiger partial charge is 0.339 e. The third kappa shape index (κ3) is 4.37. The minimum Gasteiger partial charge on any atom is -0.478 e. The molecule has 4 nitrogen and oxygen atoms in total. The molecular formula is C16H22O4. The van der Waals surface area contributed by atoms with E-state index in [1.165, 1.54) is 12.1 Å². The summed E-state index contributed by atoms with van der Waals surface area (Å²) in [6.07, 6.45) is 0.647. The average molecular weight is 278 g/mol. The van der Waals surface area contributed by atoms with Crippen LogP contribution in [0.3, 0.4) is 0 Å². The molecule has 0 bridgehead atoms. The predicted molar refractivity (Wildman–Crippen MR) is 76.9 cm³/mol. The highest BCUT2D eigenvalue weighted by molar-refractivity contribution is 5.92. The molecule has 20 heavy (non-hydrogen) atoms. The van der Waals surface area contributed by atoms with Gasteiger partial charge in [-0.15, -0.1) is 0 Å². The summed E-state index contributed by atoms with van der Waals surface area (Å²) in [5.41, 5.74) is -0.703. The average Bonchev–Trinajstić information content (AvgIpc) is 2.26. The number of esters is 1. The Hall–Kier alpha value is -1.84. The molecule has 0 radical (unpaired) electrons. The second kappa shape index (κ2) is 5.65. The van der Waals surface area contributed by atoms with E-state index in [0.717, 1.165) is 0 Å². The van der Waals surface area contributed by atoms with Crippen LogP contribution in [-0.2, 0) is 4.79 Å². The number of hydrogen-bond acceptors (Lipinski definition) is 3. The van der Waals surface area contributed by atoms with Crippen molar-refractivity contribution < 1.29 is 19.4 Å². The fourth-order valence-electron chi connectivity index (χ4n) is 2.37. The molecule has 0 aromatic heterocycles. The minimum absolute atomic E-state index is 0.00703. The molecule has 110 valence electrons. The van der Waals surface area contributed by atoms with Crippen LogP contribution in [0.25, 0.3) is 0 Å². The van der Waals surface area contributed by atoms with Crippen molar-refractivity contribution in [2.24, 2.45) is 10.8 Å². The van der Waals surface area contributed by atoms with E-state index in [-0.39, 0.29) is 16.7 Å². The summed E-state index contributed by atoms with van der Waals surface area (Å²) in [5.74, 6) is -1.44. The molecule has 0 amide bonds. The summed E-state index contributed by atoms with van der Waals surface area (Å²) < 4.78 is 5.30.